The number of hydrogen-bond donors (Lipinski definition) is 2. The predicted octanol–water partition coefficient (Wildman–Crippen LogP) is 3.64. The van der Waals surface area contributed by atoms with Gasteiger partial charge in [-0.25, -0.2) is 9.97 Å². The summed E-state index contributed by atoms with van der Waals surface area (Å²) < 4.78 is 5.39. The van der Waals surface area contributed by atoms with E-state index in [2.05, 4.69) is 38.9 Å². The molecule has 1 fully saturated rings. The van der Waals surface area contributed by atoms with Crippen LogP contribution in [0.2, 0.25) is 5.28 Å². The number of anilines is 2. The highest BCUT2D eigenvalue weighted by Crippen LogP contribution is 2.27. The number of methoxy groups -OCH3 is 1. The fourth-order valence-electron chi connectivity index (χ4n) is 3.54. The highest BCUT2D eigenvalue weighted by atomic mass is 35.5. The second-order valence-electron chi connectivity index (χ2n) is 7.24. The highest BCUT2D eigenvalue weighted by molar-refractivity contribution is 6.28. The van der Waals surface area contributed by atoms with Crippen molar-refractivity contribution in [2.24, 2.45) is 5.92 Å². The largest absolute Gasteiger partial charge is 0.496 e. The van der Waals surface area contributed by atoms with Crippen LogP contribution in [0.25, 0.3) is 0 Å². The van der Waals surface area contributed by atoms with Gasteiger partial charge in [0.25, 0.3) is 0 Å². The SMILES string of the molecule is COc1cccc(NC(=N)N2CCN(c3ccnc(Cl)n3)CC2C(C)C)c1C. The fraction of sp³-hybridized carbons (Fsp3) is 0.450. The van der Waals surface area contributed by atoms with E-state index in [-0.39, 0.29) is 11.3 Å². The van der Waals surface area contributed by atoms with Crippen molar-refractivity contribution in [2.45, 2.75) is 26.8 Å². The molecule has 0 aliphatic carbocycles. The van der Waals surface area contributed by atoms with Crippen molar-refractivity contribution in [3.05, 3.63) is 41.3 Å². The molecular formula is C20H27ClN6O. The van der Waals surface area contributed by atoms with Gasteiger partial charge in [0.2, 0.25) is 5.28 Å². The standard InChI is InChI=1S/C20H27ClN6O/c1-13(2)16-12-26(18-8-9-23-19(21)25-18)10-11-27(16)20(22)24-15-6-5-7-17(28-4)14(15)3/h5-9,13,16H,10-12H2,1-4H3,(H2,22,24). The van der Waals surface area contributed by atoms with Crippen LogP contribution < -0.4 is 15.0 Å². The molecule has 0 saturated carbocycles. The molecule has 1 aromatic heterocycles. The third-order valence-corrected chi connectivity index (χ3v) is 5.35. The van der Waals surface area contributed by atoms with Gasteiger partial charge in [0.15, 0.2) is 5.96 Å². The van der Waals surface area contributed by atoms with E-state index in [0.717, 1.165) is 42.5 Å². The van der Waals surface area contributed by atoms with Gasteiger partial charge < -0.3 is 19.9 Å². The van der Waals surface area contributed by atoms with Crippen molar-refractivity contribution in [1.82, 2.24) is 14.9 Å². The topological polar surface area (TPSA) is 77.4 Å². The number of nitrogens with one attached hydrogen (secondary N) is 2. The maximum absolute atomic E-state index is 8.68. The number of halogens is 1. The zero-order chi connectivity index (χ0) is 20.3. The summed E-state index contributed by atoms with van der Waals surface area (Å²) in [6.45, 7) is 8.60. The molecule has 28 heavy (non-hydrogen) atoms. The molecule has 0 bridgehead atoms. The molecule has 0 spiro atoms. The zero-order valence-corrected chi connectivity index (χ0v) is 17.5. The molecule has 1 aliphatic rings. The Balaban J connectivity index is 1.76. The van der Waals surface area contributed by atoms with Gasteiger partial charge in [0.05, 0.1) is 13.2 Å². The van der Waals surface area contributed by atoms with Gasteiger partial charge in [-0.3, -0.25) is 5.41 Å². The summed E-state index contributed by atoms with van der Waals surface area (Å²) in [6, 6.07) is 7.87. The van der Waals surface area contributed by atoms with E-state index in [9.17, 15) is 0 Å². The number of aromatic nitrogens is 2. The second kappa shape index (κ2) is 8.65. The minimum absolute atomic E-state index is 0.174. The van der Waals surface area contributed by atoms with Crippen molar-refractivity contribution in [3.8, 4) is 5.75 Å². The van der Waals surface area contributed by atoms with Crippen molar-refractivity contribution in [3.63, 3.8) is 0 Å². The summed E-state index contributed by atoms with van der Waals surface area (Å²) in [5.74, 6) is 2.40. The number of nitrogens with zero attached hydrogens (tertiary/aromatic N) is 4. The molecule has 0 radical (unpaired) electrons. The fourth-order valence-corrected chi connectivity index (χ4v) is 3.68. The zero-order valence-electron chi connectivity index (χ0n) is 16.7. The van der Waals surface area contributed by atoms with Crippen molar-refractivity contribution in [1.29, 1.82) is 5.41 Å². The van der Waals surface area contributed by atoms with Crippen LogP contribution in [0.15, 0.2) is 30.5 Å². The minimum atomic E-state index is 0.174. The van der Waals surface area contributed by atoms with E-state index in [1.807, 2.05) is 31.2 Å². The monoisotopic (exact) mass is 402 g/mol. The molecule has 2 N–H and O–H groups in total. The lowest BCUT2D eigenvalue weighted by Crippen LogP contribution is -2.58. The molecule has 1 saturated heterocycles. The summed E-state index contributed by atoms with van der Waals surface area (Å²) >= 11 is 5.96. The summed E-state index contributed by atoms with van der Waals surface area (Å²) in [5, 5.41) is 12.2. The van der Waals surface area contributed by atoms with Gasteiger partial charge in [-0.15, -0.1) is 0 Å². The van der Waals surface area contributed by atoms with Gasteiger partial charge in [-0.05, 0) is 42.6 Å². The molecule has 2 aromatic rings. The molecule has 150 valence electrons. The Morgan fingerprint density at radius 1 is 1.32 bits per heavy atom. The number of guanidine groups is 1. The van der Waals surface area contributed by atoms with Gasteiger partial charge in [-0.2, -0.15) is 0 Å². The van der Waals surface area contributed by atoms with Crippen LogP contribution in [0.4, 0.5) is 11.5 Å². The lowest BCUT2D eigenvalue weighted by molar-refractivity contribution is 0.222. The van der Waals surface area contributed by atoms with Crippen LogP contribution in [0, 0.1) is 18.3 Å². The molecule has 1 aromatic carbocycles. The minimum Gasteiger partial charge on any atom is -0.496 e. The lowest BCUT2D eigenvalue weighted by atomic mass is 9.99. The van der Waals surface area contributed by atoms with Crippen molar-refractivity contribution in [2.75, 3.05) is 37.0 Å². The Morgan fingerprint density at radius 3 is 2.79 bits per heavy atom. The molecule has 2 heterocycles. The summed E-state index contributed by atoms with van der Waals surface area (Å²) in [6.07, 6.45) is 1.68. The Hall–Kier alpha value is -2.54. The first-order chi connectivity index (χ1) is 13.4. The van der Waals surface area contributed by atoms with Crippen molar-refractivity contribution < 1.29 is 4.74 Å². The van der Waals surface area contributed by atoms with E-state index < -0.39 is 0 Å². The van der Waals surface area contributed by atoms with Gasteiger partial charge in [-0.1, -0.05) is 19.9 Å². The lowest BCUT2D eigenvalue weighted by Gasteiger charge is -2.45. The van der Waals surface area contributed by atoms with Crippen LogP contribution in [0.3, 0.4) is 0 Å². The summed E-state index contributed by atoms with van der Waals surface area (Å²) in [4.78, 5) is 12.6. The Bertz CT molecular complexity index is 843. The summed E-state index contributed by atoms with van der Waals surface area (Å²) in [7, 11) is 1.66. The second-order valence-corrected chi connectivity index (χ2v) is 7.58. The number of benzene rings is 1. The first kappa shape index (κ1) is 20.2. The average Bonchev–Trinajstić information content (AvgIpc) is 2.69. The van der Waals surface area contributed by atoms with Gasteiger partial charge in [0, 0.05) is 37.1 Å². The third kappa shape index (κ3) is 4.30. The van der Waals surface area contributed by atoms with Crippen LogP contribution in [-0.2, 0) is 0 Å². The van der Waals surface area contributed by atoms with E-state index in [4.69, 9.17) is 21.7 Å². The molecule has 1 unspecified atom stereocenters. The average molecular weight is 403 g/mol. The molecule has 0 amide bonds. The molecular weight excluding hydrogens is 376 g/mol. The third-order valence-electron chi connectivity index (χ3n) is 5.17. The van der Waals surface area contributed by atoms with Crippen LogP contribution in [-0.4, -0.2) is 53.6 Å². The Kier molecular flexibility index (Phi) is 6.24. The van der Waals surface area contributed by atoms with E-state index in [1.54, 1.807) is 13.3 Å². The first-order valence-corrected chi connectivity index (χ1v) is 9.77. The van der Waals surface area contributed by atoms with Crippen molar-refractivity contribution >= 4 is 29.1 Å². The quantitative estimate of drug-likeness (QED) is 0.462. The highest BCUT2D eigenvalue weighted by Gasteiger charge is 2.32. The molecule has 3 rings (SSSR count). The maximum atomic E-state index is 8.68. The normalized spacial score (nSPS) is 17.0. The smallest absolute Gasteiger partial charge is 0.224 e. The van der Waals surface area contributed by atoms with Crippen LogP contribution >= 0.6 is 11.6 Å². The number of ether oxygens (including phenoxy) is 1. The molecule has 8 heteroatoms. The summed E-state index contributed by atoms with van der Waals surface area (Å²) in [5.41, 5.74) is 1.88. The van der Waals surface area contributed by atoms with E-state index in [0.29, 0.717) is 11.9 Å². The van der Waals surface area contributed by atoms with Gasteiger partial charge in [0.1, 0.15) is 11.6 Å². The molecule has 1 atom stereocenters. The number of rotatable bonds is 4. The van der Waals surface area contributed by atoms with E-state index >= 15 is 0 Å². The number of piperazine rings is 1. The maximum Gasteiger partial charge on any atom is 0.224 e. The Labute approximate surface area is 171 Å². The van der Waals surface area contributed by atoms with Gasteiger partial charge >= 0.3 is 0 Å². The van der Waals surface area contributed by atoms with Crippen LogP contribution in [0.1, 0.15) is 19.4 Å². The van der Waals surface area contributed by atoms with Crippen LogP contribution in [0.5, 0.6) is 5.75 Å². The van der Waals surface area contributed by atoms with E-state index in [1.165, 1.54) is 0 Å². The molecule has 7 nitrogen and oxygen atoms in total. The first-order valence-electron chi connectivity index (χ1n) is 9.40. The predicted molar refractivity (Wildman–Crippen MR) is 114 cm³/mol. The number of hydrogen-bond acceptors (Lipinski definition) is 5. The molecule has 1 aliphatic heterocycles. The Morgan fingerprint density at radius 2 is 2.11 bits per heavy atom.